The molecule has 48 heavy (non-hydrogen) atoms. The van der Waals surface area contributed by atoms with Crippen LogP contribution in [0.15, 0.2) is 88.8 Å². The Balaban J connectivity index is 1.61. The van der Waals surface area contributed by atoms with Gasteiger partial charge in [0.1, 0.15) is 6.61 Å². The summed E-state index contributed by atoms with van der Waals surface area (Å²) < 4.78 is 32.2. The van der Waals surface area contributed by atoms with Crippen molar-refractivity contribution in [3.05, 3.63) is 125 Å². The molecule has 0 spiro atoms. The van der Waals surface area contributed by atoms with Crippen molar-refractivity contribution < 1.29 is 28.5 Å². The molecule has 0 N–H and O–H groups in total. The summed E-state index contributed by atoms with van der Waals surface area (Å²) in [5.74, 6) is 1.72. The first-order valence-corrected chi connectivity index (χ1v) is 17.5. The second-order valence-corrected chi connectivity index (χ2v) is 12.9. The Kier molecular flexibility index (Phi) is 11.8. The maximum Gasteiger partial charge on any atom is 0.337 e. The van der Waals surface area contributed by atoms with Gasteiger partial charge >= 0.3 is 5.97 Å². The molecule has 3 aromatic carbocycles. The van der Waals surface area contributed by atoms with Gasteiger partial charge in [-0.25, -0.2) is 9.79 Å². The van der Waals surface area contributed by atoms with E-state index in [1.54, 1.807) is 12.1 Å². The highest BCUT2D eigenvalue weighted by Crippen LogP contribution is 2.36. The normalized spacial score (nSPS) is 14.0. The Morgan fingerprint density at radius 3 is 2.35 bits per heavy atom. The minimum atomic E-state index is -0.793. The average Bonchev–Trinajstić information content (AvgIpc) is 3.40. The highest BCUT2D eigenvalue weighted by Gasteiger charge is 2.31. The second kappa shape index (κ2) is 16.2. The van der Waals surface area contributed by atoms with Gasteiger partial charge in [0.2, 0.25) is 0 Å². The molecule has 1 aromatic heterocycles. The lowest BCUT2D eigenvalue weighted by Crippen LogP contribution is -2.39. The molecule has 11 heteroatoms. The molecule has 4 aromatic rings. The molecule has 1 aliphatic rings. The number of benzene rings is 3. The van der Waals surface area contributed by atoms with E-state index >= 15 is 0 Å². The molecule has 0 fully saturated rings. The molecule has 1 atom stereocenters. The predicted octanol–water partition coefficient (Wildman–Crippen LogP) is 6.13. The van der Waals surface area contributed by atoms with Crippen molar-refractivity contribution in [2.45, 2.75) is 39.8 Å². The standard InChI is InChI=1S/C37H37IN2O7S/c1-6-10-26-17-24(18-31(46-9-4)34(26)47-22-23-11-14-27(38)15-12-23)19-32-35(41)40-33(28(36(42)43-5)21-39-37(40)48-32)25-13-16-29(44-7-2)30(20-25)45-8-3/h6,11-21,33H,1,7-10,22H2,2-5H3/b32-19-/t33-/m1/s1. The zero-order chi connectivity index (χ0) is 34.2. The molecule has 0 amide bonds. The van der Waals surface area contributed by atoms with E-state index in [4.69, 9.17) is 23.7 Å². The van der Waals surface area contributed by atoms with Crippen LogP contribution < -0.4 is 33.8 Å². The lowest BCUT2D eigenvalue weighted by atomic mass is 9.97. The second-order valence-electron chi connectivity index (χ2n) is 10.6. The maximum absolute atomic E-state index is 14.2. The first-order valence-electron chi connectivity index (χ1n) is 15.6. The number of rotatable bonds is 14. The molecule has 0 saturated heterocycles. The molecule has 0 bridgehead atoms. The number of halogens is 1. The topological polar surface area (TPSA) is 97.6 Å². The third kappa shape index (κ3) is 7.68. The van der Waals surface area contributed by atoms with Crippen LogP contribution in [0.3, 0.4) is 0 Å². The summed E-state index contributed by atoms with van der Waals surface area (Å²) in [4.78, 5) is 32.1. The van der Waals surface area contributed by atoms with Gasteiger partial charge in [0.15, 0.2) is 27.8 Å². The van der Waals surface area contributed by atoms with Crippen LogP contribution in [-0.4, -0.2) is 37.5 Å². The Hall–Kier alpha value is -4.36. The van der Waals surface area contributed by atoms with Crippen LogP contribution in [0.25, 0.3) is 6.08 Å². The number of hydrogen-bond donors (Lipinski definition) is 0. The molecule has 2 heterocycles. The summed E-state index contributed by atoms with van der Waals surface area (Å²) >= 11 is 3.51. The van der Waals surface area contributed by atoms with Crippen molar-refractivity contribution in [1.82, 2.24) is 4.57 Å². The zero-order valence-electron chi connectivity index (χ0n) is 27.3. The number of hydrogen-bond acceptors (Lipinski definition) is 9. The van der Waals surface area contributed by atoms with Crippen LogP contribution in [0.4, 0.5) is 0 Å². The van der Waals surface area contributed by atoms with E-state index in [-0.39, 0.29) is 11.1 Å². The van der Waals surface area contributed by atoms with Crippen molar-refractivity contribution >= 4 is 46.0 Å². The Morgan fingerprint density at radius 2 is 1.67 bits per heavy atom. The molecule has 0 radical (unpaired) electrons. The van der Waals surface area contributed by atoms with E-state index in [0.717, 1.165) is 20.3 Å². The fourth-order valence-corrected chi connectivity index (χ4v) is 6.70. The molecule has 0 aliphatic carbocycles. The van der Waals surface area contributed by atoms with Gasteiger partial charge in [-0.3, -0.25) is 9.36 Å². The predicted molar refractivity (Wildman–Crippen MR) is 195 cm³/mol. The third-order valence-corrected chi connectivity index (χ3v) is 9.14. The van der Waals surface area contributed by atoms with Gasteiger partial charge in [0.05, 0.1) is 43.1 Å². The first kappa shape index (κ1) is 35.0. The van der Waals surface area contributed by atoms with Gasteiger partial charge in [0, 0.05) is 15.3 Å². The molecule has 1 aliphatic heterocycles. The van der Waals surface area contributed by atoms with Crippen LogP contribution in [0.2, 0.25) is 0 Å². The smallest absolute Gasteiger partial charge is 0.337 e. The van der Waals surface area contributed by atoms with Crippen molar-refractivity contribution in [3.8, 4) is 23.0 Å². The van der Waals surface area contributed by atoms with Gasteiger partial charge in [-0.15, -0.1) is 6.58 Å². The molecular weight excluding hydrogens is 743 g/mol. The van der Waals surface area contributed by atoms with Crippen molar-refractivity contribution in [2.24, 2.45) is 4.99 Å². The van der Waals surface area contributed by atoms with E-state index in [0.29, 0.717) is 70.7 Å². The molecule has 9 nitrogen and oxygen atoms in total. The van der Waals surface area contributed by atoms with E-state index in [9.17, 15) is 9.59 Å². The Bertz CT molecular complexity index is 2010. The highest BCUT2D eigenvalue weighted by atomic mass is 127. The van der Waals surface area contributed by atoms with Crippen LogP contribution in [-0.2, 0) is 22.6 Å². The number of ether oxygens (including phenoxy) is 5. The van der Waals surface area contributed by atoms with E-state index in [1.165, 1.54) is 29.2 Å². The number of allylic oxidation sites excluding steroid dienone is 1. The minimum Gasteiger partial charge on any atom is -0.490 e. The first-order chi connectivity index (χ1) is 23.3. The number of carbonyl (C=O) groups is 1. The number of carbonyl (C=O) groups excluding carboxylic acids is 1. The van der Waals surface area contributed by atoms with Crippen molar-refractivity contribution in [3.63, 3.8) is 0 Å². The van der Waals surface area contributed by atoms with Crippen LogP contribution in [0.1, 0.15) is 49.1 Å². The molecule has 0 unspecified atom stereocenters. The average molecular weight is 781 g/mol. The third-order valence-electron chi connectivity index (χ3n) is 7.42. The number of nitrogens with zero attached hydrogens (tertiary/aromatic N) is 2. The number of thiazole rings is 1. The molecular formula is C37H37IN2O7S. The van der Waals surface area contributed by atoms with Gasteiger partial charge in [-0.2, -0.15) is 0 Å². The summed E-state index contributed by atoms with van der Waals surface area (Å²) in [5, 5.41) is 0. The summed E-state index contributed by atoms with van der Waals surface area (Å²) in [6.07, 6.45) is 5.62. The quantitative estimate of drug-likeness (QED) is 0.0864. The van der Waals surface area contributed by atoms with Crippen molar-refractivity contribution in [2.75, 3.05) is 26.9 Å². The largest absolute Gasteiger partial charge is 0.490 e. The monoisotopic (exact) mass is 780 g/mol. The molecule has 5 rings (SSSR count). The number of fused-ring (bicyclic) bond motifs is 1. The van der Waals surface area contributed by atoms with E-state index < -0.39 is 12.0 Å². The summed E-state index contributed by atoms with van der Waals surface area (Å²) in [6, 6.07) is 16.6. The number of esters is 1. The summed E-state index contributed by atoms with van der Waals surface area (Å²) in [5.41, 5.74) is 3.25. The number of methoxy groups -OCH3 is 1. The minimum absolute atomic E-state index is 0.226. The van der Waals surface area contributed by atoms with Crippen LogP contribution in [0, 0.1) is 3.57 Å². The maximum atomic E-state index is 14.2. The number of aromatic nitrogens is 1. The Morgan fingerprint density at radius 1 is 0.958 bits per heavy atom. The summed E-state index contributed by atoms with van der Waals surface area (Å²) in [7, 11) is 1.31. The fraction of sp³-hybridized carbons (Fsp3) is 0.270. The lowest BCUT2D eigenvalue weighted by molar-refractivity contribution is -0.136. The summed E-state index contributed by atoms with van der Waals surface area (Å²) in [6.45, 7) is 11.3. The van der Waals surface area contributed by atoms with Gasteiger partial charge in [0.25, 0.3) is 5.56 Å². The van der Waals surface area contributed by atoms with Crippen LogP contribution >= 0.6 is 33.9 Å². The SMILES string of the molecule is C=CCc1cc(/C=c2\sc3n(c2=O)[C@H](c2ccc(OCC)c(OCC)c2)C(C(=O)OC)=CN=3)cc(OCC)c1OCc1ccc(I)cc1. The molecule has 250 valence electrons. The fourth-order valence-electron chi connectivity index (χ4n) is 5.38. The highest BCUT2D eigenvalue weighted by molar-refractivity contribution is 14.1. The van der Waals surface area contributed by atoms with Gasteiger partial charge < -0.3 is 23.7 Å². The van der Waals surface area contributed by atoms with Gasteiger partial charge in [-0.05, 0) is 109 Å². The van der Waals surface area contributed by atoms with Crippen molar-refractivity contribution in [1.29, 1.82) is 0 Å². The lowest BCUT2D eigenvalue weighted by Gasteiger charge is -2.23. The Labute approximate surface area is 296 Å². The zero-order valence-corrected chi connectivity index (χ0v) is 30.3. The van der Waals surface area contributed by atoms with Gasteiger partial charge in [-0.1, -0.05) is 35.6 Å². The van der Waals surface area contributed by atoms with E-state index in [2.05, 4.69) is 34.2 Å². The van der Waals surface area contributed by atoms with Crippen LogP contribution in [0.5, 0.6) is 23.0 Å². The molecule has 0 saturated carbocycles. The van der Waals surface area contributed by atoms with E-state index in [1.807, 2.05) is 75.4 Å².